The quantitative estimate of drug-likeness (QED) is 0.899. The van der Waals surface area contributed by atoms with Gasteiger partial charge in [0, 0.05) is 24.7 Å². The van der Waals surface area contributed by atoms with Crippen LogP contribution in [0, 0.1) is 5.82 Å². The van der Waals surface area contributed by atoms with Gasteiger partial charge < -0.3 is 10.6 Å². The molecule has 0 bridgehead atoms. The standard InChI is InChI=1S/C14H15FN4/c15-11-5-3-10(4-6-11)12-9-13(16)18-14(17-12)19-7-1-2-8-19/h3-6,9H,1-2,7-8H2,(H2,16,17,18). The average molecular weight is 258 g/mol. The lowest BCUT2D eigenvalue weighted by atomic mass is 10.1. The van der Waals surface area contributed by atoms with Gasteiger partial charge in [0.15, 0.2) is 0 Å². The van der Waals surface area contributed by atoms with E-state index in [1.807, 2.05) is 0 Å². The third kappa shape index (κ3) is 2.50. The zero-order valence-electron chi connectivity index (χ0n) is 10.5. The lowest BCUT2D eigenvalue weighted by molar-refractivity contribution is 0.628. The molecule has 1 aliphatic rings. The van der Waals surface area contributed by atoms with E-state index in [4.69, 9.17) is 5.73 Å². The summed E-state index contributed by atoms with van der Waals surface area (Å²) in [5, 5.41) is 0. The molecule has 5 heteroatoms. The second-order valence-corrected chi connectivity index (χ2v) is 4.68. The van der Waals surface area contributed by atoms with E-state index in [0.29, 0.717) is 11.8 Å². The summed E-state index contributed by atoms with van der Waals surface area (Å²) in [7, 11) is 0. The molecule has 0 atom stereocenters. The first-order chi connectivity index (χ1) is 9.22. The summed E-state index contributed by atoms with van der Waals surface area (Å²) in [4.78, 5) is 10.9. The SMILES string of the molecule is Nc1cc(-c2ccc(F)cc2)nc(N2CCCC2)n1. The van der Waals surface area contributed by atoms with Gasteiger partial charge in [-0.2, -0.15) is 4.98 Å². The van der Waals surface area contributed by atoms with E-state index in [0.717, 1.165) is 37.2 Å². The minimum atomic E-state index is -0.259. The highest BCUT2D eigenvalue weighted by Crippen LogP contribution is 2.23. The Kier molecular flexibility index (Phi) is 3.03. The topological polar surface area (TPSA) is 55.0 Å². The van der Waals surface area contributed by atoms with Crippen molar-refractivity contribution in [1.29, 1.82) is 0 Å². The highest BCUT2D eigenvalue weighted by molar-refractivity contribution is 5.63. The van der Waals surface area contributed by atoms with Gasteiger partial charge in [-0.15, -0.1) is 0 Å². The number of benzene rings is 1. The molecule has 19 heavy (non-hydrogen) atoms. The van der Waals surface area contributed by atoms with Crippen molar-refractivity contribution in [2.45, 2.75) is 12.8 Å². The summed E-state index contributed by atoms with van der Waals surface area (Å²) in [6.45, 7) is 1.93. The van der Waals surface area contributed by atoms with Crippen LogP contribution in [0.5, 0.6) is 0 Å². The number of nitrogens with two attached hydrogens (primary N) is 1. The molecule has 0 spiro atoms. The van der Waals surface area contributed by atoms with E-state index in [-0.39, 0.29) is 5.82 Å². The number of rotatable bonds is 2. The van der Waals surface area contributed by atoms with Crippen molar-refractivity contribution < 1.29 is 4.39 Å². The van der Waals surface area contributed by atoms with Gasteiger partial charge in [0.2, 0.25) is 5.95 Å². The Bertz CT molecular complexity index is 576. The second kappa shape index (κ2) is 4.84. The van der Waals surface area contributed by atoms with E-state index in [2.05, 4.69) is 14.9 Å². The van der Waals surface area contributed by atoms with Crippen molar-refractivity contribution in [3.8, 4) is 11.3 Å². The highest BCUT2D eigenvalue weighted by Gasteiger charge is 2.16. The first kappa shape index (κ1) is 11.9. The smallest absolute Gasteiger partial charge is 0.227 e. The van der Waals surface area contributed by atoms with Crippen molar-refractivity contribution in [1.82, 2.24) is 9.97 Å². The van der Waals surface area contributed by atoms with Gasteiger partial charge >= 0.3 is 0 Å². The van der Waals surface area contributed by atoms with E-state index >= 15 is 0 Å². The van der Waals surface area contributed by atoms with Crippen LogP contribution in [0.4, 0.5) is 16.2 Å². The summed E-state index contributed by atoms with van der Waals surface area (Å²) >= 11 is 0. The summed E-state index contributed by atoms with van der Waals surface area (Å²) < 4.78 is 12.9. The Morgan fingerprint density at radius 2 is 1.74 bits per heavy atom. The molecular formula is C14H15FN4. The van der Waals surface area contributed by atoms with E-state index in [1.165, 1.54) is 12.1 Å². The molecule has 0 amide bonds. The van der Waals surface area contributed by atoms with Gasteiger partial charge in [-0.3, -0.25) is 0 Å². The van der Waals surface area contributed by atoms with Crippen LogP contribution in [0.25, 0.3) is 11.3 Å². The Hall–Kier alpha value is -2.17. The molecule has 0 saturated carbocycles. The van der Waals surface area contributed by atoms with Crippen LogP contribution in [-0.4, -0.2) is 23.1 Å². The average Bonchev–Trinajstić information content (AvgIpc) is 2.93. The first-order valence-corrected chi connectivity index (χ1v) is 6.38. The summed E-state index contributed by atoms with van der Waals surface area (Å²) in [6, 6.07) is 7.95. The number of hydrogen-bond acceptors (Lipinski definition) is 4. The summed E-state index contributed by atoms with van der Waals surface area (Å²) in [5.41, 5.74) is 7.42. The van der Waals surface area contributed by atoms with Crippen LogP contribution in [0.3, 0.4) is 0 Å². The number of aromatic nitrogens is 2. The minimum Gasteiger partial charge on any atom is -0.384 e. The van der Waals surface area contributed by atoms with Crippen molar-refractivity contribution >= 4 is 11.8 Å². The molecular weight excluding hydrogens is 243 g/mol. The molecule has 98 valence electrons. The van der Waals surface area contributed by atoms with E-state index in [9.17, 15) is 4.39 Å². The number of nitrogen functional groups attached to an aromatic ring is 1. The molecule has 1 aliphatic heterocycles. The Labute approximate surface area is 111 Å². The maximum Gasteiger partial charge on any atom is 0.227 e. The van der Waals surface area contributed by atoms with Crippen LogP contribution >= 0.6 is 0 Å². The lowest BCUT2D eigenvalue weighted by Crippen LogP contribution is -2.21. The normalized spacial score (nSPS) is 14.9. The molecule has 2 N–H and O–H groups in total. The lowest BCUT2D eigenvalue weighted by Gasteiger charge is -2.16. The minimum absolute atomic E-state index is 0.259. The summed E-state index contributed by atoms with van der Waals surface area (Å²) in [5.74, 6) is 0.846. The fourth-order valence-electron chi connectivity index (χ4n) is 2.28. The van der Waals surface area contributed by atoms with Crippen LogP contribution in [0.2, 0.25) is 0 Å². The number of nitrogens with zero attached hydrogens (tertiary/aromatic N) is 3. The van der Waals surface area contributed by atoms with Crippen molar-refractivity contribution in [3.63, 3.8) is 0 Å². The van der Waals surface area contributed by atoms with Gasteiger partial charge in [-0.25, -0.2) is 9.37 Å². The Balaban J connectivity index is 1.99. The highest BCUT2D eigenvalue weighted by atomic mass is 19.1. The number of hydrogen-bond donors (Lipinski definition) is 1. The zero-order valence-corrected chi connectivity index (χ0v) is 10.5. The van der Waals surface area contributed by atoms with Crippen molar-refractivity contribution in [2.24, 2.45) is 0 Å². The summed E-state index contributed by atoms with van der Waals surface area (Å²) in [6.07, 6.45) is 2.31. The third-order valence-corrected chi connectivity index (χ3v) is 3.26. The molecule has 2 heterocycles. The zero-order chi connectivity index (χ0) is 13.2. The Morgan fingerprint density at radius 3 is 2.42 bits per heavy atom. The molecule has 0 unspecified atom stereocenters. The molecule has 4 nitrogen and oxygen atoms in total. The molecule has 0 aliphatic carbocycles. The maximum absolute atomic E-state index is 12.9. The van der Waals surface area contributed by atoms with Gasteiger partial charge in [-0.05, 0) is 37.1 Å². The number of halogens is 1. The van der Waals surface area contributed by atoms with E-state index in [1.54, 1.807) is 18.2 Å². The maximum atomic E-state index is 12.9. The van der Waals surface area contributed by atoms with E-state index < -0.39 is 0 Å². The molecule has 1 saturated heterocycles. The van der Waals surface area contributed by atoms with Gasteiger partial charge in [0.05, 0.1) is 5.69 Å². The Morgan fingerprint density at radius 1 is 1.05 bits per heavy atom. The number of anilines is 2. The van der Waals surface area contributed by atoms with Gasteiger partial charge in [0.25, 0.3) is 0 Å². The monoisotopic (exact) mass is 258 g/mol. The molecule has 0 radical (unpaired) electrons. The van der Waals surface area contributed by atoms with Crippen molar-refractivity contribution in [2.75, 3.05) is 23.7 Å². The van der Waals surface area contributed by atoms with Crippen LogP contribution in [0.15, 0.2) is 30.3 Å². The molecule has 3 rings (SSSR count). The predicted octanol–water partition coefficient (Wildman–Crippen LogP) is 2.47. The first-order valence-electron chi connectivity index (χ1n) is 6.38. The fourth-order valence-corrected chi connectivity index (χ4v) is 2.28. The van der Waals surface area contributed by atoms with Crippen molar-refractivity contribution in [3.05, 3.63) is 36.1 Å². The predicted molar refractivity (Wildman–Crippen MR) is 73.3 cm³/mol. The largest absolute Gasteiger partial charge is 0.384 e. The molecule has 1 fully saturated rings. The third-order valence-electron chi connectivity index (χ3n) is 3.26. The van der Waals surface area contributed by atoms with Crippen LogP contribution in [-0.2, 0) is 0 Å². The molecule has 1 aromatic carbocycles. The van der Waals surface area contributed by atoms with Crippen LogP contribution in [0.1, 0.15) is 12.8 Å². The molecule has 1 aromatic heterocycles. The fraction of sp³-hybridized carbons (Fsp3) is 0.286. The second-order valence-electron chi connectivity index (χ2n) is 4.68. The van der Waals surface area contributed by atoms with Crippen LogP contribution < -0.4 is 10.6 Å². The van der Waals surface area contributed by atoms with Gasteiger partial charge in [0.1, 0.15) is 11.6 Å². The van der Waals surface area contributed by atoms with Gasteiger partial charge in [-0.1, -0.05) is 0 Å². The molecule has 2 aromatic rings.